The molecule has 2 atom stereocenters. The monoisotopic (exact) mass is 226 g/mol. The minimum Gasteiger partial charge on any atom is -0.319 e. The highest BCUT2D eigenvalue weighted by Crippen LogP contribution is 2.33. The lowest BCUT2D eigenvalue weighted by Gasteiger charge is -2.36. The average molecular weight is 226 g/mol. The van der Waals surface area contributed by atoms with Gasteiger partial charge in [0.05, 0.1) is 5.88 Å². The molecule has 0 aromatic rings. The maximum absolute atomic E-state index is 11.9. The minimum absolute atomic E-state index is 0.0459. The molecule has 0 radical (unpaired) electrons. The molecule has 15 heavy (non-hydrogen) atoms. The first kappa shape index (κ1) is 9.21. The van der Waals surface area contributed by atoms with E-state index < -0.39 is 6.04 Å². The maximum atomic E-state index is 11.9. The molecule has 3 aliphatic rings. The van der Waals surface area contributed by atoms with Gasteiger partial charge in [-0.3, -0.25) is 19.3 Å². The zero-order chi connectivity index (χ0) is 10.6. The predicted molar refractivity (Wildman–Crippen MR) is 52.8 cm³/mol. The fourth-order valence-electron chi connectivity index (χ4n) is 2.41. The Kier molecular flexibility index (Phi) is 1.83. The summed E-state index contributed by atoms with van der Waals surface area (Å²) in [6, 6.07) is -0.888. The molecule has 3 amide bonds. The molecule has 5 nitrogen and oxygen atoms in total. The molecule has 0 bridgehead atoms. The SMILES string of the molecule is O=C1[C@@H]2CCC(=O)N2C(=O)[C@@H]2CSCN12. The number of nitrogens with zero attached hydrogens (tertiary/aromatic N) is 2. The molecule has 3 fully saturated rings. The summed E-state index contributed by atoms with van der Waals surface area (Å²) in [5.74, 6) is 0.812. The largest absolute Gasteiger partial charge is 0.319 e. The van der Waals surface area contributed by atoms with Crippen molar-refractivity contribution >= 4 is 29.5 Å². The molecule has 0 N–H and O–H groups in total. The van der Waals surface area contributed by atoms with Crippen LogP contribution < -0.4 is 0 Å². The molecule has 3 heterocycles. The van der Waals surface area contributed by atoms with Crippen LogP contribution in [0.2, 0.25) is 0 Å². The van der Waals surface area contributed by atoms with E-state index in [1.165, 1.54) is 4.90 Å². The van der Waals surface area contributed by atoms with Gasteiger partial charge in [-0.1, -0.05) is 0 Å². The van der Waals surface area contributed by atoms with Crippen molar-refractivity contribution in [1.29, 1.82) is 0 Å². The maximum Gasteiger partial charge on any atom is 0.253 e. The Morgan fingerprint density at radius 3 is 2.73 bits per heavy atom. The van der Waals surface area contributed by atoms with Crippen molar-refractivity contribution in [3.8, 4) is 0 Å². The fourth-order valence-corrected chi connectivity index (χ4v) is 3.57. The van der Waals surface area contributed by atoms with Gasteiger partial charge in [-0.2, -0.15) is 0 Å². The number of piperazine rings is 1. The van der Waals surface area contributed by atoms with E-state index in [-0.39, 0.29) is 23.8 Å². The van der Waals surface area contributed by atoms with Gasteiger partial charge < -0.3 is 4.90 Å². The van der Waals surface area contributed by atoms with Crippen molar-refractivity contribution in [1.82, 2.24) is 9.80 Å². The van der Waals surface area contributed by atoms with E-state index in [1.54, 1.807) is 16.7 Å². The number of hydrogen-bond donors (Lipinski definition) is 0. The van der Waals surface area contributed by atoms with Crippen LogP contribution in [0.15, 0.2) is 0 Å². The summed E-state index contributed by atoms with van der Waals surface area (Å²) in [6.45, 7) is 0. The lowest BCUT2D eigenvalue weighted by Crippen LogP contribution is -2.62. The zero-order valence-corrected chi connectivity index (χ0v) is 8.83. The van der Waals surface area contributed by atoms with E-state index in [0.29, 0.717) is 24.5 Å². The number of carbonyl (C=O) groups is 3. The number of amides is 3. The Labute approximate surface area is 90.8 Å². The molecule has 0 aromatic heterocycles. The quantitative estimate of drug-likeness (QED) is 0.518. The van der Waals surface area contributed by atoms with E-state index in [4.69, 9.17) is 0 Å². The minimum atomic E-state index is -0.500. The van der Waals surface area contributed by atoms with E-state index in [1.807, 2.05) is 0 Å². The van der Waals surface area contributed by atoms with E-state index in [2.05, 4.69) is 0 Å². The number of imide groups is 1. The second-order valence-electron chi connectivity index (χ2n) is 3.98. The van der Waals surface area contributed by atoms with Gasteiger partial charge in [0, 0.05) is 12.2 Å². The van der Waals surface area contributed by atoms with E-state index in [9.17, 15) is 14.4 Å². The molecule has 0 aromatic carbocycles. The molecule has 0 aliphatic carbocycles. The van der Waals surface area contributed by atoms with Crippen molar-refractivity contribution in [3.05, 3.63) is 0 Å². The smallest absolute Gasteiger partial charge is 0.253 e. The van der Waals surface area contributed by atoms with Crippen LogP contribution in [0.4, 0.5) is 0 Å². The molecule has 6 heteroatoms. The van der Waals surface area contributed by atoms with Gasteiger partial charge in [0.1, 0.15) is 12.1 Å². The summed E-state index contributed by atoms with van der Waals surface area (Å²) in [7, 11) is 0. The molecular formula is C9H10N2O3S. The summed E-state index contributed by atoms with van der Waals surface area (Å²) in [5, 5.41) is 0. The van der Waals surface area contributed by atoms with Crippen LogP contribution >= 0.6 is 11.8 Å². The lowest BCUT2D eigenvalue weighted by atomic mass is 10.1. The van der Waals surface area contributed by atoms with Crippen molar-refractivity contribution in [2.75, 3.05) is 11.6 Å². The molecule has 3 rings (SSSR count). The van der Waals surface area contributed by atoms with Crippen LogP contribution in [-0.4, -0.2) is 51.2 Å². The molecule has 0 saturated carbocycles. The second kappa shape index (κ2) is 2.98. The fraction of sp³-hybridized carbons (Fsp3) is 0.667. The van der Waals surface area contributed by atoms with Gasteiger partial charge in [-0.05, 0) is 6.42 Å². The van der Waals surface area contributed by atoms with Crippen molar-refractivity contribution in [3.63, 3.8) is 0 Å². The van der Waals surface area contributed by atoms with Gasteiger partial charge in [0.15, 0.2) is 0 Å². The Morgan fingerprint density at radius 2 is 1.93 bits per heavy atom. The summed E-state index contributed by atoms with van der Waals surface area (Å²) in [5.41, 5.74) is 0. The third kappa shape index (κ3) is 1.08. The number of thioether (sulfide) groups is 1. The van der Waals surface area contributed by atoms with E-state index in [0.717, 1.165) is 0 Å². The van der Waals surface area contributed by atoms with Gasteiger partial charge in [0.25, 0.3) is 5.91 Å². The van der Waals surface area contributed by atoms with Crippen LogP contribution in [0.5, 0.6) is 0 Å². The Balaban J connectivity index is 2.00. The van der Waals surface area contributed by atoms with Crippen molar-refractivity contribution < 1.29 is 14.4 Å². The lowest BCUT2D eigenvalue weighted by molar-refractivity contribution is -0.161. The first-order valence-electron chi connectivity index (χ1n) is 4.94. The number of hydrogen-bond acceptors (Lipinski definition) is 4. The van der Waals surface area contributed by atoms with Crippen molar-refractivity contribution in [2.24, 2.45) is 0 Å². The third-order valence-corrected chi connectivity index (χ3v) is 4.20. The molecule has 3 saturated heterocycles. The second-order valence-corrected chi connectivity index (χ2v) is 4.98. The number of carbonyl (C=O) groups excluding carboxylic acids is 3. The molecule has 3 aliphatic heterocycles. The normalized spacial score (nSPS) is 34.8. The van der Waals surface area contributed by atoms with Crippen LogP contribution in [0, 0.1) is 0 Å². The molecule has 80 valence electrons. The Bertz CT molecular complexity index is 370. The summed E-state index contributed by atoms with van der Waals surface area (Å²) in [6.07, 6.45) is 0.827. The first-order chi connectivity index (χ1) is 7.20. The number of rotatable bonds is 0. The summed E-state index contributed by atoms with van der Waals surface area (Å²) < 4.78 is 0. The molecule has 0 unspecified atom stereocenters. The highest BCUT2D eigenvalue weighted by Gasteiger charge is 2.52. The van der Waals surface area contributed by atoms with Crippen LogP contribution in [-0.2, 0) is 14.4 Å². The van der Waals surface area contributed by atoms with Crippen molar-refractivity contribution in [2.45, 2.75) is 24.9 Å². The highest BCUT2D eigenvalue weighted by molar-refractivity contribution is 7.99. The topological polar surface area (TPSA) is 57.7 Å². The average Bonchev–Trinajstić information content (AvgIpc) is 2.80. The molecule has 0 spiro atoms. The number of fused-ring (bicyclic) bond motifs is 2. The summed E-state index contributed by atoms with van der Waals surface area (Å²) >= 11 is 1.57. The van der Waals surface area contributed by atoms with Crippen LogP contribution in [0.3, 0.4) is 0 Å². The zero-order valence-electron chi connectivity index (χ0n) is 8.01. The Hall–Kier alpha value is -1.04. The van der Waals surface area contributed by atoms with E-state index >= 15 is 0 Å². The van der Waals surface area contributed by atoms with Gasteiger partial charge in [0.2, 0.25) is 11.8 Å². The molecular weight excluding hydrogens is 216 g/mol. The third-order valence-electron chi connectivity index (χ3n) is 3.18. The van der Waals surface area contributed by atoms with Crippen LogP contribution in [0.1, 0.15) is 12.8 Å². The highest BCUT2D eigenvalue weighted by atomic mass is 32.2. The predicted octanol–water partition coefficient (Wildman–Crippen LogP) is -0.581. The van der Waals surface area contributed by atoms with Crippen LogP contribution in [0.25, 0.3) is 0 Å². The standard InChI is InChI=1S/C9H10N2O3S/c12-7-2-1-5-8(13)10-4-15-3-6(10)9(14)11(5)7/h5-6H,1-4H2/t5-,6-/m0/s1. The van der Waals surface area contributed by atoms with Gasteiger partial charge >= 0.3 is 0 Å². The first-order valence-corrected chi connectivity index (χ1v) is 6.10. The Morgan fingerprint density at radius 1 is 1.13 bits per heavy atom. The van der Waals surface area contributed by atoms with Gasteiger partial charge in [-0.25, -0.2) is 0 Å². The summed E-state index contributed by atoms with van der Waals surface area (Å²) in [4.78, 5) is 38.2. The van der Waals surface area contributed by atoms with Gasteiger partial charge in [-0.15, -0.1) is 11.8 Å².